The molecule has 0 unspecified atom stereocenters. The third kappa shape index (κ3) is 3.13. The molecule has 1 fully saturated rings. The zero-order valence-electron chi connectivity index (χ0n) is 13.4. The van der Waals surface area contributed by atoms with Crippen LogP contribution in [0.2, 0.25) is 0 Å². The standard InChI is InChI=1S/C17H24N4O/c1-13-11-16(19-12-18-13)20(2)15-7-9-21(10-8-15)17(22)14-5-3-4-6-14/h3-4,11-12,14-15H,5-10H2,1-2H3. The normalized spacial score (nSPS) is 19.6. The number of hydrogen-bond donors (Lipinski definition) is 0. The quantitative estimate of drug-likeness (QED) is 0.803. The van der Waals surface area contributed by atoms with Crippen molar-refractivity contribution in [1.29, 1.82) is 0 Å². The Morgan fingerprint density at radius 1 is 1.23 bits per heavy atom. The van der Waals surface area contributed by atoms with Gasteiger partial charge in [0.25, 0.3) is 0 Å². The summed E-state index contributed by atoms with van der Waals surface area (Å²) in [6.07, 6.45) is 9.71. The summed E-state index contributed by atoms with van der Waals surface area (Å²) in [5, 5.41) is 0. The van der Waals surface area contributed by atoms with E-state index in [1.807, 2.05) is 17.9 Å². The lowest BCUT2D eigenvalue weighted by molar-refractivity contribution is -0.136. The van der Waals surface area contributed by atoms with Gasteiger partial charge in [-0.05, 0) is 32.6 Å². The molecular formula is C17H24N4O. The van der Waals surface area contributed by atoms with Gasteiger partial charge < -0.3 is 9.80 Å². The summed E-state index contributed by atoms with van der Waals surface area (Å²) >= 11 is 0. The molecule has 2 aliphatic rings. The van der Waals surface area contributed by atoms with Gasteiger partial charge in [0.15, 0.2) is 0 Å². The van der Waals surface area contributed by atoms with Crippen LogP contribution in [0.3, 0.4) is 0 Å². The van der Waals surface area contributed by atoms with Gasteiger partial charge in [-0.3, -0.25) is 4.79 Å². The van der Waals surface area contributed by atoms with E-state index in [9.17, 15) is 4.79 Å². The van der Waals surface area contributed by atoms with E-state index in [-0.39, 0.29) is 5.92 Å². The van der Waals surface area contributed by atoms with Crippen LogP contribution in [0.15, 0.2) is 24.5 Å². The Balaban J connectivity index is 1.56. The highest BCUT2D eigenvalue weighted by Crippen LogP contribution is 2.25. The van der Waals surface area contributed by atoms with E-state index in [0.29, 0.717) is 11.9 Å². The van der Waals surface area contributed by atoms with Gasteiger partial charge in [-0.2, -0.15) is 0 Å². The molecule has 1 aliphatic heterocycles. The Morgan fingerprint density at radius 2 is 1.91 bits per heavy atom. The van der Waals surface area contributed by atoms with Crippen LogP contribution in [0, 0.1) is 12.8 Å². The first-order valence-electron chi connectivity index (χ1n) is 8.10. The van der Waals surface area contributed by atoms with Crippen LogP contribution in [0.25, 0.3) is 0 Å². The van der Waals surface area contributed by atoms with Crippen LogP contribution < -0.4 is 4.90 Å². The summed E-state index contributed by atoms with van der Waals surface area (Å²) in [7, 11) is 2.09. The Hall–Kier alpha value is -1.91. The average molecular weight is 300 g/mol. The fraction of sp³-hybridized carbons (Fsp3) is 0.588. The number of amides is 1. The molecule has 22 heavy (non-hydrogen) atoms. The van der Waals surface area contributed by atoms with E-state index >= 15 is 0 Å². The van der Waals surface area contributed by atoms with Crippen molar-refractivity contribution in [2.45, 2.75) is 38.6 Å². The molecule has 1 aromatic heterocycles. The minimum absolute atomic E-state index is 0.193. The second kappa shape index (κ2) is 6.46. The minimum Gasteiger partial charge on any atom is -0.356 e. The maximum Gasteiger partial charge on any atom is 0.226 e. The highest BCUT2D eigenvalue weighted by molar-refractivity contribution is 5.79. The smallest absolute Gasteiger partial charge is 0.226 e. The second-order valence-corrected chi connectivity index (χ2v) is 6.32. The van der Waals surface area contributed by atoms with E-state index in [1.54, 1.807) is 6.33 Å². The molecular weight excluding hydrogens is 276 g/mol. The molecule has 0 bridgehead atoms. The van der Waals surface area contributed by atoms with E-state index in [2.05, 4.69) is 34.1 Å². The molecule has 1 saturated heterocycles. The molecule has 2 heterocycles. The van der Waals surface area contributed by atoms with Crippen molar-refractivity contribution in [2.24, 2.45) is 5.92 Å². The van der Waals surface area contributed by atoms with Crippen molar-refractivity contribution in [3.8, 4) is 0 Å². The van der Waals surface area contributed by atoms with E-state index in [1.165, 1.54) is 0 Å². The van der Waals surface area contributed by atoms with Crippen LogP contribution >= 0.6 is 0 Å². The third-order valence-electron chi connectivity index (χ3n) is 4.83. The zero-order chi connectivity index (χ0) is 15.5. The number of carbonyl (C=O) groups excluding carboxylic acids is 1. The predicted octanol–water partition coefficient (Wildman–Crippen LogP) is 2.18. The number of carbonyl (C=O) groups is 1. The first-order chi connectivity index (χ1) is 10.6. The molecule has 0 radical (unpaired) electrons. The highest BCUT2D eigenvalue weighted by Gasteiger charge is 2.30. The summed E-state index contributed by atoms with van der Waals surface area (Å²) in [5.74, 6) is 1.50. The van der Waals surface area contributed by atoms with Crippen molar-refractivity contribution < 1.29 is 4.79 Å². The summed E-state index contributed by atoms with van der Waals surface area (Å²) in [6.45, 7) is 3.69. The number of allylic oxidation sites excluding steroid dienone is 2. The molecule has 118 valence electrons. The molecule has 0 spiro atoms. The molecule has 1 aliphatic carbocycles. The van der Waals surface area contributed by atoms with Gasteiger partial charge in [0.1, 0.15) is 12.1 Å². The lowest BCUT2D eigenvalue weighted by Crippen LogP contribution is -2.47. The molecule has 3 rings (SSSR count). The molecule has 0 atom stereocenters. The van der Waals surface area contributed by atoms with Gasteiger partial charge in [-0.1, -0.05) is 12.2 Å². The summed E-state index contributed by atoms with van der Waals surface area (Å²) in [5.41, 5.74) is 0.984. The molecule has 1 aromatic rings. The van der Waals surface area contributed by atoms with Gasteiger partial charge >= 0.3 is 0 Å². The maximum atomic E-state index is 12.4. The van der Waals surface area contributed by atoms with Crippen LogP contribution in [-0.4, -0.2) is 47.0 Å². The Kier molecular flexibility index (Phi) is 4.41. The van der Waals surface area contributed by atoms with E-state index < -0.39 is 0 Å². The van der Waals surface area contributed by atoms with Crippen LogP contribution in [-0.2, 0) is 4.79 Å². The summed E-state index contributed by atoms with van der Waals surface area (Å²) in [6, 6.07) is 2.46. The summed E-state index contributed by atoms with van der Waals surface area (Å²) < 4.78 is 0. The van der Waals surface area contributed by atoms with Crippen LogP contribution in [0.4, 0.5) is 5.82 Å². The molecule has 0 N–H and O–H groups in total. The van der Waals surface area contributed by atoms with Gasteiger partial charge in [-0.15, -0.1) is 0 Å². The number of piperidine rings is 1. The fourth-order valence-electron chi connectivity index (χ4n) is 3.37. The first kappa shape index (κ1) is 15.0. The Morgan fingerprint density at radius 3 is 2.55 bits per heavy atom. The fourth-order valence-corrected chi connectivity index (χ4v) is 3.37. The van der Waals surface area contributed by atoms with E-state index in [0.717, 1.165) is 50.3 Å². The highest BCUT2D eigenvalue weighted by atomic mass is 16.2. The first-order valence-corrected chi connectivity index (χ1v) is 8.10. The van der Waals surface area contributed by atoms with Crippen molar-refractivity contribution >= 4 is 11.7 Å². The number of rotatable bonds is 3. The maximum absolute atomic E-state index is 12.4. The second-order valence-electron chi connectivity index (χ2n) is 6.32. The predicted molar refractivity (Wildman–Crippen MR) is 86.6 cm³/mol. The van der Waals surface area contributed by atoms with Crippen molar-refractivity contribution in [2.75, 3.05) is 25.0 Å². The van der Waals surface area contributed by atoms with Gasteiger partial charge in [0.2, 0.25) is 5.91 Å². The number of hydrogen-bond acceptors (Lipinski definition) is 4. The average Bonchev–Trinajstić information content (AvgIpc) is 3.08. The zero-order valence-corrected chi connectivity index (χ0v) is 13.4. The number of aryl methyl sites for hydroxylation is 1. The van der Waals surface area contributed by atoms with Gasteiger partial charge in [0.05, 0.1) is 0 Å². The Labute approximate surface area is 132 Å². The SMILES string of the molecule is Cc1cc(N(C)C2CCN(C(=O)C3CC=CC3)CC2)ncn1. The third-order valence-corrected chi connectivity index (χ3v) is 4.83. The molecule has 0 saturated carbocycles. The van der Waals surface area contributed by atoms with Crippen molar-refractivity contribution in [1.82, 2.24) is 14.9 Å². The number of aromatic nitrogens is 2. The van der Waals surface area contributed by atoms with Crippen molar-refractivity contribution in [3.05, 3.63) is 30.2 Å². The van der Waals surface area contributed by atoms with Gasteiger partial charge in [0, 0.05) is 43.9 Å². The molecule has 5 nitrogen and oxygen atoms in total. The monoisotopic (exact) mass is 300 g/mol. The number of likely N-dealkylation sites (tertiary alicyclic amines) is 1. The molecule has 5 heteroatoms. The van der Waals surface area contributed by atoms with Gasteiger partial charge in [-0.25, -0.2) is 9.97 Å². The number of anilines is 1. The summed E-state index contributed by atoms with van der Waals surface area (Å²) in [4.78, 5) is 25.2. The molecule has 0 aromatic carbocycles. The number of nitrogens with zero attached hydrogens (tertiary/aromatic N) is 4. The van der Waals surface area contributed by atoms with Crippen molar-refractivity contribution in [3.63, 3.8) is 0 Å². The largest absolute Gasteiger partial charge is 0.356 e. The Bertz CT molecular complexity index is 556. The van der Waals surface area contributed by atoms with Crippen LogP contribution in [0.5, 0.6) is 0 Å². The van der Waals surface area contributed by atoms with Crippen LogP contribution in [0.1, 0.15) is 31.4 Å². The van der Waals surface area contributed by atoms with E-state index in [4.69, 9.17) is 0 Å². The lowest BCUT2D eigenvalue weighted by Gasteiger charge is -2.38. The molecule has 1 amide bonds. The topological polar surface area (TPSA) is 49.3 Å². The lowest BCUT2D eigenvalue weighted by atomic mass is 10.00. The minimum atomic E-state index is 0.193.